The van der Waals surface area contributed by atoms with E-state index >= 15 is 0 Å². The minimum Gasteiger partial charge on any atom is -0.508 e. The lowest BCUT2D eigenvalue weighted by molar-refractivity contribution is 0.469. The molecule has 0 aliphatic carbocycles. The summed E-state index contributed by atoms with van der Waals surface area (Å²) in [6.07, 6.45) is 1.78. The average molecular weight is 244 g/mol. The second kappa shape index (κ2) is 5.40. The molecule has 4 heteroatoms. The van der Waals surface area contributed by atoms with Crippen molar-refractivity contribution in [3.63, 3.8) is 0 Å². The van der Waals surface area contributed by atoms with Crippen molar-refractivity contribution in [3.8, 4) is 5.75 Å². The number of anilines is 1. The van der Waals surface area contributed by atoms with E-state index < -0.39 is 0 Å². The highest BCUT2D eigenvalue weighted by Crippen LogP contribution is 2.17. The normalized spacial score (nSPS) is 10.3. The van der Waals surface area contributed by atoms with Gasteiger partial charge < -0.3 is 15.0 Å². The molecule has 2 rings (SSSR count). The van der Waals surface area contributed by atoms with Crippen molar-refractivity contribution in [2.75, 3.05) is 5.32 Å². The topological polar surface area (TPSA) is 54.3 Å². The number of phenols is 1. The van der Waals surface area contributed by atoms with E-state index in [0.29, 0.717) is 13.1 Å². The summed E-state index contributed by atoms with van der Waals surface area (Å²) in [5.74, 6) is 0.272. The van der Waals surface area contributed by atoms with Gasteiger partial charge in [0, 0.05) is 30.9 Å². The molecule has 2 aromatic rings. The van der Waals surface area contributed by atoms with Crippen molar-refractivity contribution in [2.45, 2.75) is 20.0 Å². The zero-order chi connectivity index (χ0) is 13.0. The molecule has 0 spiro atoms. The lowest BCUT2D eigenvalue weighted by Gasteiger charge is -2.09. The van der Waals surface area contributed by atoms with E-state index in [1.54, 1.807) is 29.0 Å². The fourth-order valence-electron chi connectivity index (χ4n) is 1.74. The van der Waals surface area contributed by atoms with Crippen molar-refractivity contribution >= 4 is 5.69 Å². The van der Waals surface area contributed by atoms with Gasteiger partial charge in [-0.2, -0.15) is 0 Å². The van der Waals surface area contributed by atoms with Gasteiger partial charge in [-0.25, -0.2) is 0 Å². The predicted octanol–water partition coefficient (Wildman–Crippen LogP) is 2.19. The number of aromatic hydroxyl groups is 1. The number of nitrogens with zero attached hydrogens (tertiary/aromatic N) is 1. The summed E-state index contributed by atoms with van der Waals surface area (Å²) in [5.41, 5.74) is 1.68. The maximum absolute atomic E-state index is 11.4. The Kier molecular flexibility index (Phi) is 3.67. The first-order chi connectivity index (χ1) is 8.70. The molecule has 1 heterocycles. The van der Waals surface area contributed by atoms with Crippen LogP contribution in [-0.4, -0.2) is 9.67 Å². The third-order valence-electron chi connectivity index (χ3n) is 2.80. The molecule has 0 aliphatic rings. The van der Waals surface area contributed by atoms with Crippen LogP contribution >= 0.6 is 0 Å². The number of para-hydroxylation sites is 1. The predicted molar refractivity (Wildman–Crippen MR) is 71.8 cm³/mol. The highest BCUT2D eigenvalue weighted by Gasteiger charge is 2.00. The number of nitrogens with one attached hydrogen (secondary N) is 1. The number of benzene rings is 1. The summed E-state index contributed by atoms with van der Waals surface area (Å²) in [7, 11) is 0. The largest absolute Gasteiger partial charge is 0.508 e. The van der Waals surface area contributed by atoms with Crippen molar-refractivity contribution in [1.82, 2.24) is 4.57 Å². The molecule has 18 heavy (non-hydrogen) atoms. The van der Waals surface area contributed by atoms with Gasteiger partial charge in [0.15, 0.2) is 0 Å². The van der Waals surface area contributed by atoms with Crippen LogP contribution in [0.25, 0.3) is 0 Å². The molecule has 0 atom stereocenters. The van der Waals surface area contributed by atoms with Crippen LogP contribution in [-0.2, 0) is 13.1 Å². The molecule has 0 aliphatic heterocycles. The van der Waals surface area contributed by atoms with Crippen LogP contribution in [0.2, 0.25) is 0 Å². The van der Waals surface area contributed by atoms with Crippen LogP contribution in [0.3, 0.4) is 0 Å². The lowest BCUT2D eigenvalue weighted by Crippen LogP contribution is -2.17. The molecule has 0 unspecified atom stereocenters. The van der Waals surface area contributed by atoms with E-state index in [-0.39, 0.29) is 11.3 Å². The summed E-state index contributed by atoms with van der Waals surface area (Å²) in [4.78, 5) is 11.4. The standard InChI is InChI=1S/C14H16N2O2/c1-2-16-10-12(7-8-14(16)18)15-9-11-5-3-4-6-13(11)17/h3-8,10,15,17H,2,9H2,1H3. The zero-order valence-corrected chi connectivity index (χ0v) is 10.3. The molecule has 0 bridgehead atoms. The van der Waals surface area contributed by atoms with E-state index in [2.05, 4.69) is 5.32 Å². The van der Waals surface area contributed by atoms with E-state index in [1.165, 1.54) is 6.07 Å². The first kappa shape index (κ1) is 12.2. The van der Waals surface area contributed by atoms with Crippen molar-refractivity contribution in [2.24, 2.45) is 0 Å². The van der Waals surface area contributed by atoms with E-state index in [9.17, 15) is 9.90 Å². The Morgan fingerprint density at radius 1 is 1.22 bits per heavy atom. The van der Waals surface area contributed by atoms with Crippen LogP contribution in [0.5, 0.6) is 5.75 Å². The molecule has 2 N–H and O–H groups in total. The highest BCUT2D eigenvalue weighted by atomic mass is 16.3. The fraction of sp³-hybridized carbons (Fsp3) is 0.214. The van der Waals surface area contributed by atoms with Crippen LogP contribution in [0.1, 0.15) is 12.5 Å². The van der Waals surface area contributed by atoms with Gasteiger partial charge in [0.25, 0.3) is 5.56 Å². The highest BCUT2D eigenvalue weighted by molar-refractivity contribution is 5.43. The summed E-state index contributed by atoms with van der Waals surface area (Å²) < 4.78 is 1.63. The Balaban J connectivity index is 2.11. The SMILES string of the molecule is CCn1cc(NCc2ccccc2O)ccc1=O. The molecular formula is C14H16N2O2. The van der Waals surface area contributed by atoms with E-state index in [0.717, 1.165) is 11.3 Å². The van der Waals surface area contributed by atoms with Gasteiger partial charge in [-0.1, -0.05) is 18.2 Å². The van der Waals surface area contributed by atoms with Gasteiger partial charge in [0.1, 0.15) is 5.75 Å². The first-order valence-electron chi connectivity index (χ1n) is 5.92. The summed E-state index contributed by atoms with van der Waals surface area (Å²) >= 11 is 0. The first-order valence-corrected chi connectivity index (χ1v) is 5.92. The van der Waals surface area contributed by atoms with Crippen LogP contribution in [0.15, 0.2) is 47.4 Å². The fourth-order valence-corrected chi connectivity index (χ4v) is 1.74. The summed E-state index contributed by atoms with van der Waals surface area (Å²) in [5, 5.41) is 12.8. The van der Waals surface area contributed by atoms with E-state index in [4.69, 9.17) is 0 Å². The quantitative estimate of drug-likeness (QED) is 0.866. The van der Waals surface area contributed by atoms with Gasteiger partial charge in [0.2, 0.25) is 0 Å². The third-order valence-corrected chi connectivity index (χ3v) is 2.80. The minimum absolute atomic E-state index is 0.00870. The smallest absolute Gasteiger partial charge is 0.250 e. The Morgan fingerprint density at radius 2 is 2.00 bits per heavy atom. The molecule has 0 amide bonds. The third kappa shape index (κ3) is 2.71. The molecule has 1 aromatic heterocycles. The maximum atomic E-state index is 11.4. The summed E-state index contributed by atoms with van der Waals surface area (Å²) in [6, 6.07) is 10.5. The lowest BCUT2D eigenvalue weighted by atomic mass is 10.2. The van der Waals surface area contributed by atoms with Gasteiger partial charge in [-0.15, -0.1) is 0 Å². The number of pyridine rings is 1. The van der Waals surface area contributed by atoms with Gasteiger partial charge in [0.05, 0.1) is 5.69 Å². The van der Waals surface area contributed by atoms with Crippen molar-refractivity contribution in [3.05, 3.63) is 58.5 Å². The number of hydrogen-bond donors (Lipinski definition) is 2. The minimum atomic E-state index is -0.00870. The zero-order valence-electron chi connectivity index (χ0n) is 10.3. The Bertz CT molecular complexity index is 590. The Labute approximate surface area is 106 Å². The number of hydrogen-bond acceptors (Lipinski definition) is 3. The van der Waals surface area contributed by atoms with Crippen LogP contribution in [0, 0.1) is 0 Å². The van der Waals surface area contributed by atoms with Gasteiger partial charge in [-0.05, 0) is 19.1 Å². The molecule has 94 valence electrons. The molecule has 0 saturated carbocycles. The van der Waals surface area contributed by atoms with Gasteiger partial charge in [-0.3, -0.25) is 4.79 Å². The number of aromatic nitrogens is 1. The molecule has 1 aromatic carbocycles. The molecule has 0 radical (unpaired) electrons. The second-order valence-electron chi connectivity index (χ2n) is 4.02. The number of phenolic OH excluding ortho intramolecular Hbond substituents is 1. The number of aryl methyl sites for hydroxylation is 1. The van der Waals surface area contributed by atoms with Crippen LogP contribution in [0.4, 0.5) is 5.69 Å². The van der Waals surface area contributed by atoms with Crippen molar-refractivity contribution < 1.29 is 5.11 Å². The molecular weight excluding hydrogens is 228 g/mol. The maximum Gasteiger partial charge on any atom is 0.250 e. The molecule has 0 fully saturated rings. The van der Waals surface area contributed by atoms with Crippen LogP contribution < -0.4 is 10.9 Å². The van der Waals surface area contributed by atoms with E-state index in [1.807, 2.05) is 19.1 Å². The average Bonchev–Trinajstić information content (AvgIpc) is 2.39. The van der Waals surface area contributed by atoms with Crippen molar-refractivity contribution in [1.29, 1.82) is 0 Å². The van der Waals surface area contributed by atoms with Gasteiger partial charge >= 0.3 is 0 Å². The second-order valence-corrected chi connectivity index (χ2v) is 4.02. The number of rotatable bonds is 4. The monoisotopic (exact) mass is 244 g/mol. The molecule has 4 nitrogen and oxygen atoms in total. The Morgan fingerprint density at radius 3 is 2.72 bits per heavy atom. The molecule has 0 saturated heterocycles. The Hall–Kier alpha value is -2.23. The summed E-state index contributed by atoms with van der Waals surface area (Å²) in [6.45, 7) is 3.09.